The molecule has 98 valence electrons. The van der Waals surface area contributed by atoms with Crippen molar-refractivity contribution in [2.45, 2.75) is 0 Å². The first-order valence-electron chi connectivity index (χ1n) is 5.60. The zero-order valence-electron chi connectivity index (χ0n) is 10.2. The molecule has 0 saturated heterocycles. The van der Waals surface area contributed by atoms with Gasteiger partial charge in [0.05, 0.1) is 16.2 Å². The topological polar surface area (TPSA) is 102 Å². The molecule has 6 heteroatoms. The lowest BCUT2D eigenvalue weighted by Gasteiger charge is -2.08. The van der Waals surface area contributed by atoms with E-state index in [-0.39, 0.29) is 17.0 Å². The Kier molecular flexibility index (Phi) is 3.72. The third kappa shape index (κ3) is 2.79. The van der Waals surface area contributed by atoms with Gasteiger partial charge in [-0.2, -0.15) is 5.26 Å². The van der Waals surface area contributed by atoms with Crippen LogP contribution in [0.3, 0.4) is 0 Å². The Bertz CT molecular complexity index is 733. The van der Waals surface area contributed by atoms with Crippen LogP contribution in [0.2, 0.25) is 0 Å². The van der Waals surface area contributed by atoms with Crippen LogP contribution in [0.1, 0.15) is 11.1 Å². The molecule has 0 aliphatic carbocycles. The van der Waals surface area contributed by atoms with E-state index in [2.05, 4.69) is 4.99 Å². The van der Waals surface area contributed by atoms with Crippen molar-refractivity contribution >= 4 is 17.6 Å². The minimum atomic E-state index is -0.583. The first kappa shape index (κ1) is 13.2. The van der Waals surface area contributed by atoms with E-state index in [4.69, 9.17) is 5.26 Å². The van der Waals surface area contributed by atoms with Crippen molar-refractivity contribution in [1.82, 2.24) is 0 Å². The van der Waals surface area contributed by atoms with Gasteiger partial charge in [-0.15, -0.1) is 0 Å². The van der Waals surface area contributed by atoms with Gasteiger partial charge >= 0.3 is 0 Å². The molecular formula is C14H8N3O3-. The van der Waals surface area contributed by atoms with Gasteiger partial charge in [-0.25, -0.2) is 0 Å². The minimum absolute atomic E-state index is 0.104. The number of benzene rings is 2. The predicted molar refractivity (Wildman–Crippen MR) is 71.0 cm³/mol. The molecule has 2 rings (SSSR count). The first-order valence-corrected chi connectivity index (χ1v) is 5.60. The van der Waals surface area contributed by atoms with E-state index in [1.165, 1.54) is 6.21 Å². The van der Waals surface area contributed by atoms with Crippen molar-refractivity contribution in [2.24, 2.45) is 4.99 Å². The van der Waals surface area contributed by atoms with Crippen molar-refractivity contribution in [3.63, 3.8) is 0 Å². The Balaban J connectivity index is 2.39. The van der Waals surface area contributed by atoms with Crippen LogP contribution < -0.4 is 5.11 Å². The summed E-state index contributed by atoms with van der Waals surface area (Å²) in [6.07, 6.45) is 1.23. The van der Waals surface area contributed by atoms with E-state index < -0.39 is 4.92 Å². The number of nitrogens with zero attached hydrogens (tertiary/aromatic N) is 3. The molecule has 0 amide bonds. The smallest absolute Gasteiger partial charge is 0.270 e. The lowest BCUT2D eigenvalue weighted by Crippen LogP contribution is -1.98. The third-order valence-corrected chi connectivity index (χ3v) is 2.57. The van der Waals surface area contributed by atoms with Crippen LogP contribution >= 0.6 is 0 Å². The number of nitro benzene ring substituents is 1. The second-order valence-corrected chi connectivity index (χ2v) is 3.87. The number of aliphatic imine (C=N–C) groups is 1. The van der Waals surface area contributed by atoms with E-state index in [0.717, 1.165) is 18.2 Å². The summed E-state index contributed by atoms with van der Waals surface area (Å²) in [5.41, 5.74) is 0.689. The van der Waals surface area contributed by atoms with Gasteiger partial charge in [0, 0.05) is 18.3 Å². The number of hydrogen-bond donors (Lipinski definition) is 0. The molecule has 0 radical (unpaired) electrons. The van der Waals surface area contributed by atoms with Crippen molar-refractivity contribution in [3.8, 4) is 11.8 Å². The van der Waals surface area contributed by atoms with Crippen LogP contribution in [0.5, 0.6) is 5.75 Å². The van der Waals surface area contributed by atoms with Gasteiger partial charge in [0.15, 0.2) is 0 Å². The summed E-state index contributed by atoms with van der Waals surface area (Å²) in [4.78, 5) is 14.1. The fourth-order valence-electron chi connectivity index (χ4n) is 1.57. The Labute approximate surface area is 114 Å². The van der Waals surface area contributed by atoms with Gasteiger partial charge in [-0.1, -0.05) is 23.9 Å². The number of non-ortho nitro benzene ring substituents is 1. The second-order valence-electron chi connectivity index (χ2n) is 3.87. The highest BCUT2D eigenvalue weighted by atomic mass is 16.6. The fourth-order valence-corrected chi connectivity index (χ4v) is 1.57. The highest BCUT2D eigenvalue weighted by molar-refractivity contribution is 5.86. The summed E-state index contributed by atoms with van der Waals surface area (Å²) in [5, 5.41) is 31.2. The number of rotatable bonds is 3. The number of para-hydroxylation sites is 1. The summed E-state index contributed by atoms with van der Waals surface area (Å²) in [7, 11) is 0. The summed E-state index contributed by atoms with van der Waals surface area (Å²) >= 11 is 0. The Morgan fingerprint density at radius 1 is 1.25 bits per heavy atom. The standard InChI is InChI=1S/C14H9N3O3/c15-8-10-3-1-2-4-13(10)16-9-11-7-12(17(19)20)5-6-14(11)18/h1-7,9,18H/p-1. The molecule has 0 bridgehead atoms. The minimum Gasteiger partial charge on any atom is -0.872 e. The van der Waals surface area contributed by atoms with Crippen molar-refractivity contribution in [2.75, 3.05) is 0 Å². The van der Waals surface area contributed by atoms with Crippen LogP contribution in [0.4, 0.5) is 11.4 Å². The molecule has 0 fully saturated rings. The maximum atomic E-state index is 11.6. The van der Waals surface area contributed by atoms with E-state index in [1.54, 1.807) is 24.3 Å². The molecule has 20 heavy (non-hydrogen) atoms. The van der Waals surface area contributed by atoms with E-state index in [1.807, 2.05) is 6.07 Å². The van der Waals surface area contributed by atoms with Gasteiger partial charge in [-0.3, -0.25) is 15.1 Å². The predicted octanol–water partition coefficient (Wildman–Crippen LogP) is 2.29. The van der Waals surface area contributed by atoms with Gasteiger partial charge in [0.2, 0.25) is 0 Å². The molecule has 2 aromatic rings. The number of nitriles is 1. The average molecular weight is 266 g/mol. The molecule has 2 aromatic carbocycles. The van der Waals surface area contributed by atoms with Crippen LogP contribution in [0, 0.1) is 21.4 Å². The zero-order chi connectivity index (χ0) is 14.5. The molecule has 0 unspecified atom stereocenters. The first-order chi connectivity index (χ1) is 9.61. The quantitative estimate of drug-likeness (QED) is 0.483. The number of nitro groups is 1. The summed E-state index contributed by atoms with van der Waals surface area (Å²) in [5.74, 6) is -0.367. The van der Waals surface area contributed by atoms with Gasteiger partial charge in [-0.05, 0) is 17.7 Å². The molecule has 0 atom stereocenters. The maximum absolute atomic E-state index is 11.6. The normalized spacial score (nSPS) is 10.3. The van der Waals surface area contributed by atoms with Gasteiger partial charge in [0.25, 0.3) is 5.69 Å². The SMILES string of the molecule is N#Cc1ccccc1N=Cc1cc([N+](=O)[O-])ccc1[O-]. The fraction of sp³-hybridized carbons (Fsp3) is 0. The largest absolute Gasteiger partial charge is 0.872 e. The lowest BCUT2D eigenvalue weighted by molar-refractivity contribution is -0.385. The third-order valence-electron chi connectivity index (χ3n) is 2.57. The zero-order valence-corrected chi connectivity index (χ0v) is 10.2. The average Bonchev–Trinajstić information content (AvgIpc) is 2.46. The highest BCUT2D eigenvalue weighted by Gasteiger charge is 2.05. The molecule has 0 heterocycles. The second kappa shape index (κ2) is 5.63. The summed E-state index contributed by atoms with van der Waals surface area (Å²) < 4.78 is 0. The molecular weight excluding hydrogens is 258 g/mol. The Morgan fingerprint density at radius 2 is 2.00 bits per heavy atom. The molecule has 0 aromatic heterocycles. The highest BCUT2D eigenvalue weighted by Crippen LogP contribution is 2.21. The van der Waals surface area contributed by atoms with E-state index in [0.29, 0.717) is 11.3 Å². The monoisotopic (exact) mass is 266 g/mol. The van der Waals surface area contributed by atoms with Crippen LogP contribution in [-0.4, -0.2) is 11.1 Å². The molecule has 0 spiro atoms. The van der Waals surface area contributed by atoms with Crippen molar-refractivity contribution < 1.29 is 10.0 Å². The van der Waals surface area contributed by atoms with E-state index in [9.17, 15) is 15.2 Å². The molecule has 0 N–H and O–H groups in total. The molecule has 0 saturated carbocycles. The maximum Gasteiger partial charge on any atom is 0.270 e. The van der Waals surface area contributed by atoms with Crippen molar-refractivity contribution in [3.05, 3.63) is 63.7 Å². The summed E-state index contributed by atoms with van der Waals surface area (Å²) in [6.45, 7) is 0. The Hall–Kier alpha value is -3.20. The summed E-state index contributed by atoms with van der Waals surface area (Å²) in [6, 6.07) is 12.0. The lowest BCUT2D eigenvalue weighted by atomic mass is 10.2. The molecule has 6 nitrogen and oxygen atoms in total. The van der Waals surface area contributed by atoms with Crippen LogP contribution in [-0.2, 0) is 0 Å². The number of hydrogen-bond acceptors (Lipinski definition) is 5. The van der Waals surface area contributed by atoms with Crippen molar-refractivity contribution in [1.29, 1.82) is 5.26 Å². The van der Waals surface area contributed by atoms with Gasteiger partial charge < -0.3 is 5.11 Å². The molecule has 0 aliphatic heterocycles. The van der Waals surface area contributed by atoms with Gasteiger partial charge in [0.1, 0.15) is 6.07 Å². The molecule has 0 aliphatic rings. The van der Waals surface area contributed by atoms with Crippen LogP contribution in [0.15, 0.2) is 47.5 Å². The van der Waals surface area contributed by atoms with E-state index >= 15 is 0 Å². The van der Waals surface area contributed by atoms with Crippen LogP contribution in [0.25, 0.3) is 0 Å². The Morgan fingerprint density at radius 3 is 2.70 bits per heavy atom.